The lowest BCUT2D eigenvalue weighted by molar-refractivity contribution is -0.384. The van der Waals surface area contributed by atoms with Crippen molar-refractivity contribution < 1.29 is 14.5 Å². The summed E-state index contributed by atoms with van der Waals surface area (Å²) in [6, 6.07) is 10.5. The first-order chi connectivity index (χ1) is 13.9. The van der Waals surface area contributed by atoms with Crippen LogP contribution in [-0.2, 0) is 11.3 Å². The van der Waals surface area contributed by atoms with Crippen molar-refractivity contribution in [3.63, 3.8) is 0 Å². The maximum atomic E-state index is 12.7. The van der Waals surface area contributed by atoms with Crippen LogP contribution in [0, 0.1) is 10.1 Å². The molecule has 1 saturated heterocycles. The molecule has 1 aromatic heterocycles. The molecular weight excluding hydrogens is 374 g/mol. The average molecular weight is 397 g/mol. The minimum Gasteiger partial charge on any atom is -0.341 e. The van der Waals surface area contributed by atoms with Gasteiger partial charge in [-0.2, -0.15) is 0 Å². The Bertz CT molecular complexity index is 881. The first-order valence-electron chi connectivity index (χ1n) is 9.40. The van der Waals surface area contributed by atoms with Crippen LogP contribution in [0.3, 0.4) is 0 Å². The summed E-state index contributed by atoms with van der Waals surface area (Å²) in [6.07, 6.45) is 1.76. The minimum absolute atomic E-state index is 0.152. The number of amides is 2. The molecule has 0 spiro atoms. The highest BCUT2D eigenvalue weighted by Gasteiger charge is 2.26. The van der Waals surface area contributed by atoms with E-state index in [4.69, 9.17) is 0 Å². The second kappa shape index (κ2) is 9.24. The molecular formula is C20H23N5O4. The third kappa shape index (κ3) is 5.35. The Balaban J connectivity index is 1.51. The molecule has 0 bridgehead atoms. The van der Waals surface area contributed by atoms with Crippen LogP contribution in [0.25, 0.3) is 0 Å². The van der Waals surface area contributed by atoms with Crippen LogP contribution in [0.15, 0.2) is 48.7 Å². The number of nitro groups is 1. The second-order valence-electron chi connectivity index (χ2n) is 6.93. The number of pyridine rings is 1. The number of nitrogens with zero attached hydrogens (tertiary/aromatic N) is 4. The summed E-state index contributed by atoms with van der Waals surface area (Å²) >= 11 is 0. The highest BCUT2D eigenvalue weighted by molar-refractivity contribution is 5.97. The number of hydrogen-bond donors (Lipinski definition) is 1. The molecule has 1 aromatic carbocycles. The number of benzene rings is 1. The van der Waals surface area contributed by atoms with Crippen molar-refractivity contribution >= 4 is 17.5 Å². The van der Waals surface area contributed by atoms with E-state index in [9.17, 15) is 19.7 Å². The molecule has 3 rings (SSSR count). The normalized spacial score (nSPS) is 15.6. The van der Waals surface area contributed by atoms with Gasteiger partial charge in [0.05, 0.1) is 10.6 Å². The molecule has 2 amide bonds. The topological polar surface area (TPSA) is 109 Å². The Morgan fingerprint density at radius 1 is 1.17 bits per heavy atom. The van der Waals surface area contributed by atoms with Crippen molar-refractivity contribution in [3.8, 4) is 0 Å². The minimum atomic E-state index is -0.718. The third-order valence-electron chi connectivity index (χ3n) is 4.83. The van der Waals surface area contributed by atoms with Crippen LogP contribution in [0.2, 0.25) is 0 Å². The van der Waals surface area contributed by atoms with Gasteiger partial charge in [-0.3, -0.25) is 29.6 Å². The zero-order valence-electron chi connectivity index (χ0n) is 16.2. The molecule has 9 heteroatoms. The van der Waals surface area contributed by atoms with Gasteiger partial charge in [-0.05, 0) is 25.1 Å². The van der Waals surface area contributed by atoms with Gasteiger partial charge < -0.3 is 10.2 Å². The van der Waals surface area contributed by atoms with E-state index in [-0.39, 0.29) is 17.2 Å². The molecule has 1 fully saturated rings. The van der Waals surface area contributed by atoms with Crippen LogP contribution in [0.5, 0.6) is 0 Å². The standard InChI is InChI=1S/C20H23N5O4/c1-15(22-19(26)16-5-4-7-18(13-16)25(28)29)20(27)24-11-9-23(10-12-24)14-17-6-2-3-8-21-17/h2-8,13,15H,9-12,14H2,1H3,(H,22,26)/t15-/m0/s1. The molecule has 1 aliphatic rings. The number of nitrogens with one attached hydrogen (secondary N) is 1. The fraction of sp³-hybridized carbons (Fsp3) is 0.350. The molecule has 9 nitrogen and oxygen atoms in total. The Hall–Kier alpha value is -3.33. The lowest BCUT2D eigenvalue weighted by Gasteiger charge is -2.35. The summed E-state index contributed by atoms with van der Waals surface area (Å²) in [7, 11) is 0. The number of aromatic nitrogens is 1. The number of nitro benzene ring substituents is 1. The molecule has 1 N–H and O–H groups in total. The largest absolute Gasteiger partial charge is 0.341 e. The van der Waals surface area contributed by atoms with Crippen LogP contribution in [-0.4, -0.2) is 63.7 Å². The van der Waals surface area contributed by atoms with Crippen LogP contribution >= 0.6 is 0 Å². The molecule has 29 heavy (non-hydrogen) atoms. The smallest absolute Gasteiger partial charge is 0.270 e. The molecule has 1 aliphatic heterocycles. The second-order valence-corrected chi connectivity index (χ2v) is 6.93. The molecule has 0 saturated carbocycles. The molecule has 0 radical (unpaired) electrons. The lowest BCUT2D eigenvalue weighted by atomic mass is 10.1. The fourth-order valence-electron chi connectivity index (χ4n) is 3.22. The van der Waals surface area contributed by atoms with Crippen molar-refractivity contribution in [2.75, 3.05) is 26.2 Å². The summed E-state index contributed by atoms with van der Waals surface area (Å²) in [5, 5.41) is 13.5. The number of piperazine rings is 1. The maximum Gasteiger partial charge on any atom is 0.270 e. The first kappa shape index (κ1) is 20.4. The molecule has 1 atom stereocenters. The monoisotopic (exact) mass is 397 g/mol. The number of carbonyl (C=O) groups excluding carboxylic acids is 2. The summed E-state index contributed by atoms with van der Waals surface area (Å²) in [5.41, 5.74) is 0.976. The highest BCUT2D eigenvalue weighted by Crippen LogP contribution is 2.13. The number of carbonyl (C=O) groups is 2. The molecule has 0 unspecified atom stereocenters. The summed E-state index contributed by atoms with van der Waals surface area (Å²) in [6.45, 7) is 4.97. The quantitative estimate of drug-likeness (QED) is 0.584. The molecule has 2 heterocycles. The van der Waals surface area contributed by atoms with Crippen molar-refractivity contribution in [1.29, 1.82) is 0 Å². The van der Waals surface area contributed by atoms with Gasteiger partial charge in [-0.15, -0.1) is 0 Å². The van der Waals surface area contributed by atoms with E-state index in [0.29, 0.717) is 13.1 Å². The number of rotatable bonds is 6. The Morgan fingerprint density at radius 3 is 2.59 bits per heavy atom. The Labute approximate surface area is 168 Å². The van der Waals surface area contributed by atoms with E-state index in [1.807, 2.05) is 18.2 Å². The van der Waals surface area contributed by atoms with E-state index in [2.05, 4.69) is 15.2 Å². The predicted octanol–water partition coefficient (Wildman–Crippen LogP) is 1.45. The van der Waals surface area contributed by atoms with E-state index >= 15 is 0 Å². The molecule has 2 aromatic rings. The predicted molar refractivity (Wildman–Crippen MR) is 106 cm³/mol. The first-order valence-corrected chi connectivity index (χ1v) is 9.40. The zero-order chi connectivity index (χ0) is 20.8. The van der Waals surface area contributed by atoms with Crippen molar-refractivity contribution in [1.82, 2.24) is 20.1 Å². The third-order valence-corrected chi connectivity index (χ3v) is 4.83. The zero-order valence-corrected chi connectivity index (χ0v) is 16.2. The van der Waals surface area contributed by atoms with Gasteiger partial charge >= 0.3 is 0 Å². The Morgan fingerprint density at radius 2 is 1.93 bits per heavy atom. The van der Waals surface area contributed by atoms with Gasteiger partial charge in [0.1, 0.15) is 6.04 Å². The Kier molecular flexibility index (Phi) is 6.50. The van der Waals surface area contributed by atoms with Gasteiger partial charge in [-0.1, -0.05) is 12.1 Å². The van der Waals surface area contributed by atoms with Gasteiger partial charge in [0.2, 0.25) is 5.91 Å². The summed E-state index contributed by atoms with van der Waals surface area (Å²) < 4.78 is 0. The fourth-order valence-corrected chi connectivity index (χ4v) is 3.22. The SMILES string of the molecule is C[C@H](NC(=O)c1cccc([N+](=O)[O-])c1)C(=O)N1CCN(Cc2ccccn2)CC1. The number of non-ortho nitro benzene ring substituents is 1. The van der Waals surface area contributed by atoms with E-state index in [1.165, 1.54) is 24.3 Å². The van der Waals surface area contributed by atoms with Gasteiger partial charge in [0.15, 0.2) is 0 Å². The highest BCUT2D eigenvalue weighted by atomic mass is 16.6. The molecule has 152 valence electrons. The van der Waals surface area contributed by atoms with Gasteiger partial charge in [-0.25, -0.2) is 0 Å². The van der Waals surface area contributed by atoms with Crippen molar-refractivity contribution in [3.05, 3.63) is 70.0 Å². The van der Waals surface area contributed by atoms with Crippen LogP contribution in [0.4, 0.5) is 5.69 Å². The van der Waals surface area contributed by atoms with Crippen LogP contribution < -0.4 is 5.32 Å². The van der Waals surface area contributed by atoms with Gasteiger partial charge in [0, 0.05) is 56.6 Å². The van der Waals surface area contributed by atoms with E-state index in [0.717, 1.165) is 25.3 Å². The lowest BCUT2D eigenvalue weighted by Crippen LogP contribution is -2.53. The van der Waals surface area contributed by atoms with Crippen molar-refractivity contribution in [2.24, 2.45) is 0 Å². The maximum absolute atomic E-state index is 12.7. The summed E-state index contributed by atoms with van der Waals surface area (Å²) in [5.74, 6) is -0.676. The number of hydrogen-bond acceptors (Lipinski definition) is 6. The van der Waals surface area contributed by atoms with E-state index < -0.39 is 16.9 Å². The van der Waals surface area contributed by atoms with E-state index in [1.54, 1.807) is 18.0 Å². The summed E-state index contributed by atoms with van der Waals surface area (Å²) in [4.78, 5) is 43.6. The average Bonchev–Trinajstić information content (AvgIpc) is 2.74. The molecule has 0 aliphatic carbocycles. The van der Waals surface area contributed by atoms with Crippen molar-refractivity contribution in [2.45, 2.75) is 19.5 Å². The van der Waals surface area contributed by atoms with Gasteiger partial charge in [0.25, 0.3) is 11.6 Å². The van der Waals surface area contributed by atoms with Crippen LogP contribution in [0.1, 0.15) is 23.0 Å².